The molecular weight excluding hydrogens is 180 g/mol. The van der Waals surface area contributed by atoms with Crippen molar-refractivity contribution < 1.29 is 0 Å². The number of hydrogen-bond donors (Lipinski definition) is 1. The number of rotatable bonds is 2. The Morgan fingerprint density at radius 2 is 2.10 bits per heavy atom. The average molecular weight is 190 g/mol. The van der Waals surface area contributed by atoms with Crippen LogP contribution < -0.4 is 5.32 Å². The minimum absolute atomic E-state index is 1.16. The van der Waals surface area contributed by atoms with Gasteiger partial charge in [-0.05, 0) is 0 Å². The van der Waals surface area contributed by atoms with Crippen molar-refractivity contribution >= 4 is 24.3 Å². The van der Waals surface area contributed by atoms with Crippen LogP contribution in [0.25, 0.3) is 0 Å². The van der Waals surface area contributed by atoms with Gasteiger partial charge in [-0.3, -0.25) is 0 Å². The molecule has 0 aliphatic carbocycles. The molecule has 0 saturated carbocycles. The molecule has 0 bridgehead atoms. The Kier molecular flexibility index (Phi) is 2.90. The van der Waals surface area contributed by atoms with E-state index in [1.165, 1.54) is 11.3 Å². The SMILES string of the molecule is CNc1ccccc1[CH2][Ga]. The third-order valence-corrected chi connectivity index (χ3v) is 2.43. The summed E-state index contributed by atoms with van der Waals surface area (Å²) < 4.78 is 0. The summed E-state index contributed by atoms with van der Waals surface area (Å²) >= 11 is 1.75. The maximum atomic E-state index is 3.16. The average Bonchev–Trinajstić information content (AvgIpc) is 2.04. The molecule has 0 amide bonds. The second kappa shape index (κ2) is 3.73. The molecular formula is C8H10GaN. The third-order valence-electron chi connectivity index (χ3n) is 1.51. The molecule has 0 fully saturated rings. The van der Waals surface area contributed by atoms with E-state index in [0.717, 1.165) is 4.98 Å². The normalized spacial score (nSPS) is 9.30. The Morgan fingerprint density at radius 1 is 1.40 bits per heavy atom. The predicted molar refractivity (Wildman–Crippen MR) is 45.4 cm³/mol. The van der Waals surface area contributed by atoms with Crippen molar-refractivity contribution in [2.75, 3.05) is 12.4 Å². The van der Waals surface area contributed by atoms with Gasteiger partial charge in [0, 0.05) is 0 Å². The van der Waals surface area contributed by atoms with Gasteiger partial charge in [0.25, 0.3) is 0 Å². The van der Waals surface area contributed by atoms with E-state index in [2.05, 4.69) is 29.6 Å². The summed E-state index contributed by atoms with van der Waals surface area (Å²) in [6, 6.07) is 8.40. The molecule has 0 aliphatic heterocycles. The Bertz CT molecular complexity index is 187. The van der Waals surface area contributed by atoms with E-state index in [1.807, 2.05) is 7.05 Å². The van der Waals surface area contributed by atoms with Crippen molar-refractivity contribution in [1.29, 1.82) is 0 Å². The van der Waals surface area contributed by atoms with Crippen LogP contribution >= 0.6 is 0 Å². The molecule has 1 nitrogen and oxygen atoms in total. The van der Waals surface area contributed by atoms with Crippen LogP contribution in [0.3, 0.4) is 0 Å². The number of nitrogens with one attached hydrogen (secondary N) is 1. The summed E-state index contributed by atoms with van der Waals surface area (Å²) in [5, 5.41) is 3.16. The minimum atomic E-state index is 1.16. The van der Waals surface area contributed by atoms with Gasteiger partial charge in [-0.15, -0.1) is 0 Å². The maximum absolute atomic E-state index is 3.16. The Balaban J connectivity index is 2.96. The molecule has 1 aromatic rings. The first-order valence-corrected chi connectivity index (χ1v) is 5.05. The Morgan fingerprint density at radius 3 is 2.60 bits per heavy atom. The monoisotopic (exact) mass is 189 g/mol. The summed E-state index contributed by atoms with van der Waals surface area (Å²) in [6.07, 6.45) is 0. The van der Waals surface area contributed by atoms with Crippen LogP contribution in [-0.4, -0.2) is 25.6 Å². The first kappa shape index (κ1) is 7.76. The van der Waals surface area contributed by atoms with Crippen molar-refractivity contribution in [3.8, 4) is 0 Å². The molecule has 0 heterocycles. The van der Waals surface area contributed by atoms with E-state index in [4.69, 9.17) is 0 Å². The Labute approximate surface area is 71.8 Å². The molecule has 0 unspecified atom stereocenters. The fourth-order valence-corrected chi connectivity index (χ4v) is 1.69. The van der Waals surface area contributed by atoms with Crippen LogP contribution in [0.2, 0.25) is 0 Å². The molecule has 1 rings (SSSR count). The zero-order valence-corrected chi connectivity index (χ0v) is 8.52. The third kappa shape index (κ3) is 1.58. The van der Waals surface area contributed by atoms with Crippen molar-refractivity contribution in [2.24, 2.45) is 0 Å². The topological polar surface area (TPSA) is 12.0 Å². The fourth-order valence-electron chi connectivity index (χ4n) is 0.942. The molecule has 1 aromatic carbocycles. The van der Waals surface area contributed by atoms with Crippen molar-refractivity contribution in [2.45, 2.75) is 4.98 Å². The Hall–Kier alpha value is -0.344. The standard InChI is InChI=1S/C8H10N.Ga/c1-7-5-3-4-6-8(7)9-2;/h3-6,9H,1H2,2H3;. The van der Waals surface area contributed by atoms with Crippen LogP contribution in [0.4, 0.5) is 5.69 Å². The van der Waals surface area contributed by atoms with E-state index in [0.29, 0.717) is 0 Å². The van der Waals surface area contributed by atoms with E-state index in [1.54, 1.807) is 18.6 Å². The second-order valence-corrected chi connectivity index (χ2v) is 2.97. The molecule has 0 spiro atoms. The van der Waals surface area contributed by atoms with Gasteiger partial charge in [0.05, 0.1) is 0 Å². The van der Waals surface area contributed by atoms with Crippen molar-refractivity contribution in [1.82, 2.24) is 0 Å². The van der Waals surface area contributed by atoms with E-state index < -0.39 is 0 Å². The molecule has 0 aromatic heterocycles. The number of anilines is 1. The van der Waals surface area contributed by atoms with E-state index >= 15 is 0 Å². The van der Waals surface area contributed by atoms with Gasteiger partial charge in [-0.1, -0.05) is 0 Å². The van der Waals surface area contributed by atoms with Crippen molar-refractivity contribution in [3.63, 3.8) is 0 Å². The van der Waals surface area contributed by atoms with Gasteiger partial charge in [0.1, 0.15) is 0 Å². The first-order chi connectivity index (χ1) is 4.88. The van der Waals surface area contributed by atoms with Gasteiger partial charge < -0.3 is 0 Å². The molecule has 50 valence electrons. The fraction of sp³-hybridized carbons (Fsp3) is 0.250. The summed E-state index contributed by atoms with van der Waals surface area (Å²) in [5.74, 6) is 0. The molecule has 1 N–H and O–H groups in total. The zero-order valence-electron chi connectivity index (χ0n) is 6.09. The van der Waals surface area contributed by atoms with Crippen LogP contribution in [0.5, 0.6) is 0 Å². The molecule has 0 atom stereocenters. The molecule has 2 heteroatoms. The van der Waals surface area contributed by atoms with E-state index in [-0.39, 0.29) is 0 Å². The second-order valence-electron chi connectivity index (χ2n) is 2.11. The van der Waals surface area contributed by atoms with Gasteiger partial charge in [-0.25, -0.2) is 0 Å². The van der Waals surface area contributed by atoms with Crippen LogP contribution in [0.1, 0.15) is 5.56 Å². The van der Waals surface area contributed by atoms with Crippen molar-refractivity contribution in [3.05, 3.63) is 29.8 Å². The van der Waals surface area contributed by atoms with Gasteiger partial charge >= 0.3 is 71.5 Å². The summed E-state index contributed by atoms with van der Waals surface area (Å²) in [4.78, 5) is 1.16. The molecule has 0 aliphatic rings. The molecule has 0 saturated heterocycles. The van der Waals surface area contributed by atoms with E-state index in [9.17, 15) is 0 Å². The quantitative estimate of drug-likeness (QED) is 0.694. The van der Waals surface area contributed by atoms with Crippen LogP contribution in [0.15, 0.2) is 24.3 Å². The summed E-state index contributed by atoms with van der Waals surface area (Å²) in [6.45, 7) is 0. The number of hydrogen-bond acceptors (Lipinski definition) is 1. The number of benzene rings is 1. The number of para-hydroxylation sites is 1. The van der Waals surface area contributed by atoms with Gasteiger partial charge in [0.2, 0.25) is 0 Å². The van der Waals surface area contributed by atoms with Gasteiger partial charge in [-0.2, -0.15) is 0 Å². The van der Waals surface area contributed by atoms with Crippen LogP contribution in [0, 0.1) is 0 Å². The molecule has 2 radical (unpaired) electrons. The molecule has 10 heavy (non-hydrogen) atoms. The first-order valence-electron chi connectivity index (χ1n) is 3.34. The summed E-state index contributed by atoms with van der Waals surface area (Å²) in [7, 11) is 1.96. The summed E-state index contributed by atoms with van der Waals surface area (Å²) in [5.41, 5.74) is 2.66. The predicted octanol–water partition coefficient (Wildman–Crippen LogP) is 1.40. The van der Waals surface area contributed by atoms with Gasteiger partial charge in [0.15, 0.2) is 0 Å². The van der Waals surface area contributed by atoms with Crippen LogP contribution in [-0.2, 0) is 4.98 Å². The zero-order chi connectivity index (χ0) is 7.40.